The third kappa shape index (κ3) is 3.13. The Bertz CT molecular complexity index is 852. The van der Waals surface area contributed by atoms with Crippen LogP contribution in [0, 0.1) is 0 Å². The fourth-order valence-corrected chi connectivity index (χ4v) is 3.78. The summed E-state index contributed by atoms with van der Waals surface area (Å²) in [5.41, 5.74) is 1.10. The van der Waals surface area contributed by atoms with Crippen LogP contribution >= 0.6 is 35.6 Å². The van der Waals surface area contributed by atoms with Crippen molar-refractivity contribution in [1.82, 2.24) is 0 Å². The number of nitrogens with zero attached hydrogens (tertiary/aromatic N) is 1. The average molecular weight is 378 g/mol. The number of thioether (sulfide) groups is 1. The third-order valence-electron chi connectivity index (χ3n) is 3.38. The van der Waals surface area contributed by atoms with Gasteiger partial charge in [-0.15, -0.1) is 0 Å². The van der Waals surface area contributed by atoms with Crippen LogP contribution in [-0.2, 0) is 4.79 Å². The highest BCUT2D eigenvalue weighted by Gasteiger charge is 2.33. The molecule has 1 saturated heterocycles. The number of thiocarbonyl (C=S) groups is 1. The van der Waals surface area contributed by atoms with Crippen LogP contribution < -0.4 is 9.64 Å². The van der Waals surface area contributed by atoms with E-state index in [-0.39, 0.29) is 17.4 Å². The topological polar surface area (TPSA) is 49.8 Å². The van der Waals surface area contributed by atoms with Crippen molar-refractivity contribution in [3.63, 3.8) is 0 Å². The van der Waals surface area contributed by atoms with E-state index < -0.39 is 0 Å². The Hall–Kier alpha value is -2.02. The zero-order valence-electron chi connectivity index (χ0n) is 12.5. The van der Waals surface area contributed by atoms with Gasteiger partial charge in [-0.1, -0.05) is 53.8 Å². The molecule has 0 aromatic heterocycles. The minimum atomic E-state index is -0.241. The van der Waals surface area contributed by atoms with Gasteiger partial charge in [0, 0.05) is 16.7 Å². The van der Waals surface area contributed by atoms with E-state index in [0.29, 0.717) is 25.5 Å². The van der Waals surface area contributed by atoms with E-state index >= 15 is 0 Å². The SMILES string of the molecule is COc1cc(Cl)cc(/C=C2/SC(=S)N(c3ccccc3)C2=O)c1O. The van der Waals surface area contributed by atoms with E-state index in [1.807, 2.05) is 30.3 Å². The van der Waals surface area contributed by atoms with Crippen molar-refractivity contribution in [1.29, 1.82) is 0 Å². The van der Waals surface area contributed by atoms with Crippen LogP contribution in [0.4, 0.5) is 5.69 Å². The lowest BCUT2D eigenvalue weighted by molar-refractivity contribution is -0.113. The Morgan fingerprint density at radius 2 is 2.00 bits per heavy atom. The molecule has 0 saturated carbocycles. The number of amides is 1. The summed E-state index contributed by atoms with van der Waals surface area (Å²) in [6.45, 7) is 0. The monoisotopic (exact) mass is 377 g/mol. The highest BCUT2D eigenvalue weighted by molar-refractivity contribution is 8.27. The van der Waals surface area contributed by atoms with Crippen molar-refractivity contribution in [3.8, 4) is 11.5 Å². The predicted molar refractivity (Wildman–Crippen MR) is 102 cm³/mol. The molecule has 1 heterocycles. The van der Waals surface area contributed by atoms with E-state index in [2.05, 4.69) is 0 Å². The number of rotatable bonds is 3. The lowest BCUT2D eigenvalue weighted by atomic mass is 10.1. The summed E-state index contributed by atoms with van der Waals surface area (Å²) < 4.78 is 5.51. The summed E-state index contributed by atoms with van der Waals surface area (Å²) in [7, 11) is 1.43. The van der Waals surface area contributed by atoms with Crippen LogP contribution in [0.25, 0.3) is 6.08 Å². The maximum atomic E-state index is 12.7. The fourth-order valence-electron chi connectivity index (χ4n) is 2.27. The number of phenols is 1. The number of hydrogen-bond donors (Lipinski definition) is 1. The zero-order chi connectivity index (χ0) is 17.3. The fraction of sp³-hybridized carbons (Fsp3) is 0.0588. The lowest BCUT2D eigenvalue weighted by Gasteiger charge is -2.13. The number of methoxy groups -OCH3 is 1. The molecule has 2 aromatic carbocycles. The van der Waals surface area contributed by atoms with Crippen LogP contribution in [-0.4, -0.2) is 22.4 Å². The van der Waals surface area contributed by atoms with Gasteiger partial charge in [-0.05, 0) is 24.3 Å². The summed E-state index contributed by atoms with van der Waals surface area (Å²) in [6, 6.07) is 12.2. The quantitative estimate of drug-likeness (QED) is 0.632. The summed E-state index contributed by atoms with van der Waals surface area (Å²) >= 11 is 12.5. The summed E-state index contributed by atoms with van der Waals surface area (Å²) in [5.74, 6) is -0.0753. The van der Waals surface area contributed by atoms with Gasteiger partial charge in [-0.3, -0.25) is 9.69 Å². The summed E-state index contributed by atoms with van der Waals surface area (Å²) in [6.07, 6.45) is 1.56. The molecule has 0 radical (unpaired) electrons. The Kier molecular flexibility index (Phi) is 4.80. The largest absolute Gasteiger partial charge is 0.504 e. The Morgan fingerprint density at radius 1 is 1.29 bits per heavy atom. The molecular weight excluding hydrogens is 366 g/mol. The standard InChI is InChI=1S/C17H12ClNO3S2/c1-22-13-9-11(18)7-10(15(13)20)8-14-16(21)19(17(23)24-14)12-5-3-2-4-6-12/h2-9,20H,1H3/b14-8+. The number of phenolic OH excluding ortho intramolecular Hbond substituents is 1. The minimum Gasteiger partial charge on any atom is -0.504 e. The van der Waals surface area contributed by atoms with Crippen LogP contribution in [0.1, 0.15) is 5.56 Å². The molecule has 3 rings (SSSR count). The molecule has 24 heavy (non-hydrogen) atoms. The molecule has 2 aromatic rings. The van der Waals surface area contributed by atoms with Gasteiger partial charge >= 0.3 is 0 Å². The number of hydrogen-bond acceptors (Lipinski definition) is 5. The van der Waals surface area contributed by atoms with E-state index in [9.17, 15) is 9.90 Å². The van der Waals surface area contributed by atoms with E-state index in [4.69, 9.17) is 28.6 Å². The predicted octanol–water partition coefficient (Wildman–Crippen LogP) is 4.46. The second-order valence-corrected chi connectivity index (χ2v) is 7.01. The summed E-state index contributed by atoms with van der Waals surface area (Å²) in [4.78, 5) is 14.5. The molecule has 0 bridgehead atoms. The number of ether oxygens (including phenoxy) is 1. The summed E-state index contributed by atoms with van der Waals surface area (Å²) in [5, 5.41) is 10.6. The highest BCUT2D eigenvalue weighted by Crippen LogP contribution is 2.39. The number of halogens is 1. The molecule has 0 spiro atoms. The number of benzene rings is 2. The Balaban J connectivity index is 2.00. The van der Waals surface area contributed by atoms with Crippen molar-refractivity contribution in [2.45, 2.75) is 0 Å². The molecule has 0 atom stereocenters. The van der Waals surface area contributed by atoms with Crippen LogP contribution in [0.15, 0.2) is 47.4 Å². The second kappa shape index (κ2) is 6.84. The molecule has 1 N–H and O–H groups in total. The number of aromatic hydroxyl groups is 1. The Labute approximate surface area is 153 Å². The molecule has 0 aliphatic carbocycles. The second-order valence-electron chi connectivity index (χ2n) is 4.90. The smallest absolute Gasteiger partial charge is 0.270 e. The van der Waals surface area contributed by atoms with Gasteiger partial charge in [0.05, 0.1) is 17.7 Å². The molecule has 7 heteroatoms. The maximum absolute atomic E-state index is 12.7. The van der Waals surface area contributed by atoms with Crippen molar-refractivity contribution in [3.05, 3.63) is 58.0 Å². The molecule has 1 aliphatic rings. The van der Waals surface area contributed by atoms with Crippen LogP contribution in [0.2, 0.25) is 5.02 Å². The molecule has 1 amide bonds. The van der Waals surface area contributed by atoms with Crippen molar-refractivity contribution in [2.24, 2.45) is 0 Å². The molecule has 4 nitrogen and oxygen atoms in total. The van der Waals surface area contributed by atoms with Crippen molar-refractivity contribution < 1.29 is 14.6 Å². The van der Waals surface area contributed by atoms with Crippen molar-refractivity contribution in [2.75, 3.05) is 12.0 Å². The first-order chi connectivity index (χ1) is 11.5. The molecular formula is C17H12ClNO3S2. The van der Waals surface area contributed by atoms with Gasteiger partial charge < -0.3 is 9.84 Å². The van der Waals surface area contributed by atoms with E-state index in [1.165, 1.54) is 29.8 Å². The highest BCUT2D eigenvalue weighted by atomic mass is 35.5. The van der Waals surface area contributed by atoms with Gasteiger partial charge in [0.2, 0.25) is 0 Å². The van der Waals surface area contributed by atoms with E-state index in [1.54, 1.807) is 12.1 Å². The van der Waals surface area contributed by atoms with Gasteiger partial charge in [0.15, 0.2) is 15.8 Å². The molecule has 122 valence electrons. The first-order valence-electron chi connectivity index (χ1n) is 6.91. The molecule has 1 aliphatic heterocycles. The average Bonchev–Trinajstić information content (AvgIpc) is 2.85. The Morgan fingerprint density at radius 3 is 2.67 bits per heavy atom. The van der Waals surface area contributed by atoms with Crippen LogP contribution in [0.3, 0.4) is 0 Å². The van der Waals surface area contributed by atoms with E-state index in [0.717, 1.165) is 0 Å². The minimum absolute atomic E-state index is 0.0770. The number of anilines is 1. The zero-order valence-corrected chi connectivity index (χ0v) is 14.9. The number of carbonyl (C=O) groups is 1. The van der Waals surface area contributed by atoms with Gasteiger partial charge in [0.1, 0.15) is 0 Å². The van der Waals surface area contributed by atoms with Crippen molar-refractivity contribution >= 4 is 57.6 Å². The number of para-hydroxylation sites is 1. The molecule has 0 unspecified atom stereocenters. The lowest BCUT2D eigenvalue weighted by Crippen LogP contribution is -2.27. The normalized spacial score (nSPS) is 16.1. The van der Waals surface area contributed by atoms with Gasteiger partial charge in [-0.25, -0.2) is 0 Å². The van der Waals surface area contributed by atoms with Crippen LogP contribution in [0.5, 0.6) is 11.5 Å². The molecule has 1 fully saturated rings. The van der Waals surface area contributed by atoms with Gasteiger partial charge in [0.25, 0.3) is 5.91 Å². The first-order valence-corrected chi connectivity index (χ1v) is 8.51. The van der Waals surface area contributed by atoms with Gasteiger partial charge in [-0.2, -0.15) is 0 Å². The maximum Gasteiger partial charge on any atom is 0.270 e. The number of carbonyl (C=O) groups excluding carboxylic acids is 1. The third-order valence-corrected chi connectivity index (χ3v) is 4.90. The first kappa shape index (κ1) is 16.8.